The number of carbonyl (C=O) groups is 1. The summed E-state index contributed by atoms with van der Waals surface area (Å²) in [7, 11) is 0. The van der Waals surface area contributed by atoms with Gasteiger partial charge in [0.1, 0.15) is 11.2 Å². The van der Waals surface area contributed by atoms with Gasteiger partial charge in [0, 0.05) is 74.7 Å². The summed E-state index contributed by atoms with van der Waals surface area (Å²) >= 11 is 0. The Labute approximate surface area is 222 Å². The summed E-state index contributed by atoms with van der Waals surface area (Å²) in [4.78, 5) is 22.1. The Balaban J connectivity index is 0.958. The third kappa shape index (κ3) is 4.41. The van der Waals surface area contributed by atoms with Crippen LogP contribution in [0.5, 0.6) is 0 Å². The number of hydrogen-bond acceptors (Lipinski definition) is 7. The monoisotopic (exact) mass is 510 g/mol. The maximum Gasteiger partial charge on any atom is 0.236 e. The predicted molar refractivity (Wildman–Crippen MR) is 149 cm³/mol. The molecule has 2 aromatic heterocycles. The predicted octanol–water partition coefficient (Wildman–Crippen LogP) is 3.86. The van der Waals surface area contributed by atoms with E-state index in [4.69, 9.17) is 4.42 Å². The molecule has 0 N–H and O–H groups in total. The Morgan fingerprint density at radius 2 is 1.61 bits per heavy atom. The van der Waals surface area contributed by atoms with E-state index in [0.29, 0.717) is 6.54 Å². The van der Waals surface area contributed by atoms with Crippen LogP contribution in [0.1, 0.15) is 19.3 Å². The Hall–Kier alpha value is -3.49. The average Bonchev–Trinajstić information content (AvgIpc) is 3.32. The fraction of sp³-hybridized carbons (Fsp3) is 0.433. The Morgan fingerprint density at radius 1 is 0.816 bits per heavy atom. The van der Waals surface area contributed by atoms with E-state index in [-0.39, 0.29) is 5.91 Å². The van der Waals surface area contributed by atoms with E-state index in [2.05, 4.69) is 41.9 Å². The number of carbonyl (C=O) groups excluding carboxylic acids is 1. The highest BCUT2D eigenvalue weighted by atomic mass is 16.3. The SMILES string of the molecule is O=C(CN1CCN(c2ccc(-c3cccc4c3oc3ccccc34)nn2)CC1)N1CCN(C2CCC2)CC1. The molecule has 0 radical (unpaired) electrons. The van der Waals surface area contributed by atoms with Crippen molar-refractivity contribution in [1.29, 1.82) is 0 Å². The minimum absolute atomic E-state index is 0.274. The second-order valence-corrected chi connectivity index (χ2v) is 10.8. The maximum absolute atomic E-state index is 12.9. The zero-order chi connectivity index (χ0) is 25.5. The lowest BCUT2D eigenvalue weighted by Crippen LogP contribution is -2.56. The van der Waals surface area contributed by atoms with Crippen molar-refractivity contribution in [3.8, 4) is 11.3 Å². The van der Waals surface area contributed by atoms with Crippen molar-refractivity contribution >= 4 is 33.7 Å². The van der Waals surface area contributed by atoms with Gasteiger partial charge in [-0.1, -0.05) is 36.8 Å². The fourth-order valence-corrected chi connectivity index (χ4v) is 6.10. The van der Waals surface area contributed by atoms with Crippen molar-refractivity contribution in [2.24, 2.45) is 0 Å². The molecular weight excluding hydrogens is 476 g/mol. The number of hydrogen-bond donors (Lipinski definition) is 0. The van der Waals surface area contributed by atoms with E-state index in [0.717, 1.165) is 97.4 Å². The normalized spacial score (nSPS) is 19.8. The first-order chi connectivity index (χ1) is 18.7. The van der Waals surface area contributed by atoms with Gasteiger partial charge < -0.3 is 14.2 Å². The molecular formula is C30H34N6O2. The van der Waals surface area contributed by atoms with Crippen molar-refractivity contribution < 1.29 is 9.21 Å². The third-order valence-electron chi connectivity index (χ3n) is 8.64. The Kier molecular flexibility index (Phi) is 6.21. The van der Waals surface area contributed by atoms with Crippen LogP contribution in [0.2, 0.25) is 0 Å². The topological polar surface area (TPSA) is 69.0 Å². The molecule has 1 aliphatic carbocycles. The number of para-hydroxylation sites is 2. The molecule has 8 heteroatoms. The standard InChI is InChI=1S/C30H34N6O2/c37-29(36-19-17-34(18-20-36)22-5-3-6-22)21-33-13-15-35(16-14-33)28-12-11-26(31-32-28)25-9-4-8-24-23-7-1-2-10-27(23)38-30(24)25/h1-2,4,7-12,22H,3,5-6,13-21H2. The zero-order valence-corrected chi connectivity index (χ0v) is 21.8. The molecule has 1 saturated carbocycles. The zero-order valence-electron chi connectivity index (χ0n) is 21.8. The lowest BCUT2D eigenvalue weighted by molar-refractivity contribution is -0.134. The van der Waals surface area contributed by atoms with Gasteiger partial charge >= 0.3 is 0 Å². The number of anilines is 1. The van der Waals surface area contributed by atoms with Crippen LogP contribution < -0.4 is 4.90 Å². The molecule has 7 rings (SSSR count). The molecule has 4 heterocycles. The van der Waals surface area contributed by atoms with Crippen LogP contribution in [0.15, 0.2) is 59.0 Å². The Morgan fingerprint density at radius 3 is 2.34 bits per heavy atom. The van der Waals surface area contributed by atoms with Gasteiger partial charge in [-0.15, -0.1) is 10.2 Å². The largest absolute Gasteiger partial charge is 0.455 e. The minimum Gasteiger partial charge on any atom is -0.455 e. The van der Waals surface area contributed by atoms with Gasteiger partial charge in [-0.05, 0) is 37.1 Å². The molecule has 3 aliphatic rings. The number of fused-ring (bicyclic) bond motifs is 3. The van der Waals surface area contributed by atoms with Crippen LogP contribution >= 0.6 is 0 Å². The second kappa shape index (κ2) is 10.0. The molecule has 38 heavy (non-hydrogen) atoms. The molecule has 0 spiro atoms. The van der Waals surface area contributed by atoms with Gasteiger partial charge in [-0.2, -0.15) is 0 Å². The van der Waals surface area contributed by atoms with E-state index in [1.807, 2.05) is 42.5 Å². The summed E-state index contributed by atoms with van der Waals surface area (Å²) < 4.78 is 6.18. The number of furan rings is 1. The van der Waals surface area contributed by atoms with E-state index >= 15 is 0 Å². The summed E-state index contributed by atoms with van der Waals surface area (Å²) in [5.41, 5.74) is 3.49. The summed E-state index contributed by atoms with van der Waals surface area (Å²) in [6.45, 7) is 7.73. The average molecular weight is 511 g/mol. The molecule has 0 unspecified atom stereocenters. The molecule has 2 aromatic carbocycles. The molecule has 0 bridgehead atoms. The second-order valence-electron chi connectivity index (χ2n) is 10.8. The van der Waals surface area contributed by atoms with Crippen molar-refractivity contribution in [2.45, 2.75) is 25.3 Å². The Bertz CT molecular complexity index is 1430. The van der Waals surface area contributed by atoms with Gasteiger partial charge in [0.05, 0.1) is 12.2 Å². The number of nitrogens with zero attached hydrogens (tertiary/aromatic N) is 6. The highest BCUT2D eigenvalue weighted by Gasteiger charge is 2.30. The maximum atomic E-state index is 12.9. The summed E-state index contributed by atoms with van der Waals surface area (Å²) in [6, 6.07) is 19.1. The summed E-state index contributed by atoms with van der Waals surface area (Å²) in [5, 5.41) is 11.3. The highest BCUT2D eigenvalue weighted by molar-refractivity contribution is 6.09. The molecule has 3 fully saturated rings. The fourth-order valence-electron chi connectivity index (χ4n) is 6.10. The number of rotatable bonds is 5. The van der Waals surface area contributed by atoms with Crippen LogP contribution in [0.25, 0.3) is 33.2 Å². The minimum atomic E-state index is 0.274. The van der Waals surface area contributed by atoms with Crippen LogP contribution in [0, 0.1) is 0 Å². The van der Waals surface area contributed by atoms with Crippen molar-refractivity contribution in [1.82, 2.24) is 24.9 Å². The van der Waals surface area contributed by atoms with E-state index in [1.165, 1.54) is 19.3 Å². The van der Waals surface area contributed by atoms with Crippen LogP contribution in [0.4, 0.5) is 5.82 Å². The molecule has 2 aliphatic heterocycles. The first-order valence-electron chi connectivity index (χ1n) is 14.0. The smallest absolute Gasteiger partial charge is 0.236 e. The first-order valence-corrected chi connectivity index (χ1v) is 14.0. The third-order valence-corrected chi connectivity index (χ3v) is 8.64. The van der Waals surface area contributed by atoms with Crippen LogP contribution in [-0.4, -0.2) is 95.7 Å². The van der Waals surface area contributed by atoms with Gasteiger partial charge in [-0.3, -0.25) is 14.6 Å². The first kappa shape index (κ1) is 23.6. The van der Waals surface area contributed by atoms with Gasteiger partial charge in [0.15, 0.2) is 5.82 Å². The van der Waals surface area contributed by atoms with Gasteiger partial charge in [0.2, 0.25) is 5.91 Å². The van der Waals surface area contributed by atoms with Crippen molar-refractivity contribution in [2.75, 3.05) is 63.8 Å². The van der Waals surface area contributed by atoms with Crippen LogP contribution in [-0.2, 0) is 4.79 Å². The van der Waals surface area contributed by atoms with Gasteiger partial charge in [-0.25, -0.2) is 0 Å². The van der Waals surface area contributed by atoms with Crippen LogP contribution in [0.3, 0.4) is 0 Å². The van der Waals surface area contributed by atoms with E-state index in [9.17, 15) is 4.79 Å². The molecule has 0 atom stereocenters. The molecule has 1 amide bonds. The van der Waals surface area contributed by atoms with Crippen molar-refractivity contribution in [3.63, 3.8) is 0 Å². The quantitative estimate of drug-likeness (QED) is 0.404. The summed E-state index contributed by atoms with van der Waals surface area (Å²) in [6.07, 6.45) is 4.04. The highest BCUT2D eigenvalue weighted by Crippen LogP contribution is 2.35. The van der Waals surface area contributed by atoms with E-state index < -0.39 is 0 Å². The summed E-state index contributed by atoms with van der Waals surface area (Å²) in [5.74, 6) is 1.15. The lowest BCUT2D eigenvalue weighted by atomic mass is 9.91. The molecule has 8 nitrogen and oxygen atoms in total. The number of aromatic nitrogens is 2. The van der Waals surface area contributed by atoms with Crippen molar-refractivity contribution in [3.05, 3.63) is 54.6 Å². The molecule has 2 saturated heterocycles. The van der Waals surface area contributed by atoms with E-state index in [1.54, 1.807) is 0 Å². The number of amides is 1. The number of piperazine rings is 2. The number of benzene rings is 2. The molecule has 196 valence electrons. The van der Waals surface area contributed by atoms with Gasteiger partial charge in [0.25, 0.3) is 0 Å². The molecule has 4 aromatic rings. The lowest BCUT2D eigenvalue weighted by Gasteiger charge is -2.43.